The molecule has 2 heterocycles. The predicted octanol–water partition coefficient (Wildman–Crippen LogP) is -0.172. The lowest BCUT2D eigenvalue weighted by Crippen LogP contribution is -2.57. The lowest BCUT2D eigenvalue weighted by Gasteiger charge is -2.28. The van der Waals surface area contributed by atoms with Gasteiger partial charge in [-0.1, -0.05) is 18.2 Å². The predicted molar refractivity (Wildman–Crippen MR) is 136 cm³/mol. The van der Waals surface area contributed by atoms with Crippen molar-refractivity contribution in [2.24, 2.45) is 5.73 Å². The molecule has 1 saturated heterocycles. The first-order valence-electron chi connectivity index (χ1n) is 11.8. The van der Waals surface area contributed by atoms with E-state index in [-0.39, 0.29) is 12.3 Å². The van der Waals surface area contributed by atoms with Gasteiger partial charge in [0.2, 0.25) is 17.7 Å². The van der Waals surface area contributed by atoms with Gasteiger partial charge < -0.3 is 36.5 Å². The number of aliphatic carboxylic acids is 1. The number of nitrogens with zero attached hydrogens (tertiary/aromatic N) is 1. The van der Waals surface area contributed by atoms with Crippen LogP contribution in [0.2, 0.25) is 0 Å². The van der Waals surface area contributed by atoms with E-state index in [4.69, 9.17) is 5.73 Å². The van der Waals surface area contributed by atoms with Crippen molar-refractivity contribution in [3.8, 4) is 0 Å². The number of benzene rings is 1. The first kappa shape index (κ1) is 27.5. The zero-order valence-electron chi connectivity index (χ0n) is 20.1. The highest BCUT2D eigenvalue weighted by molar-refractivity contribution is 7.98. The van der Waals surface area contributed by atoms with E-state index in [2.05, 4.69) is 15.6 Å². The molecule has 1 aromatic heterocycles. The maximum absolute atomic E-state index is 13.1. The Bertz CT molecular complexity index is 1090. The smallest absolute Gasteiger partial charge is 0.326 e. The van der Waals surface area contributed by atoms with Crippen molar-refractivity contribution in [1.82, 2.24) is 20.5 Å². The van der Waals surface area contributed by atoms with E-state index in [0.29, 0.717) is 31.6 Å². The average Bonchev–Trinajstić information content (AvgIpc) is 3.52. The molecule has 3 rings (SSSR count). The third kappa shape index (κ3) is 6.56. The molecule has 1 aliphatic rings. The summed E-state index contributed by atoms with van der Waals surface area (Å²) in [6.07, 6.45) is 5.12. The van der Waals surface area contributed by atoms with Gasteiger partial charge in [0.25, 0.3) is 0 Å². The molecule has 4 atom stereocenters. The van der Waals surface area contributed by atoms with Crippen LogP contribution in [0.25, 0.3) is 10.9 Å². The number of hydrogen-bond donors (Lipinski definition) is 6. The molecular weight excluding hydrogens is 486 g/mol. The molecule has 1 aliphatic heterocycles. The summed E-state index contributed by atoms with van der Waals surface area (Å²) >= 11 is 1.44. The number of para-hydroxylation sites is 1. The Morgan fingerprint density at radius 3 is 2.67 bits per heavy atom. The first-order valence-corrected chi connectivity index (χ1v) is 13.2. The molecule has 0 saturated carbocycles. The summed E-state index contributed by atoms with van der Waals surface area (Å²) in [5.41, 5.74) is 8.09. The van der Waals surface area contributed by atoms with Crippen LogP contribution in [0.5, 0.6) is 0 Å². The standard InChI is InChI=1S/C24H33N5O6S/c1-36-10-8-18(24(34)35)27-21(31)19(13-30)28-22(32)20-7-4-9-29(20)23(33)16(25)11-14-12-26-17-6-3-2-5-15(14)17/h2-3,5-6,12,16,18-20,26,30H,4,7-11,13,25H2,1H3,(H,27,31)(H,28,32)(H,34,35). The Morgan fingerprint density at radius 1 is 1.22 bits per heavy atom. The second kappa shape index (κ2) is 12.7. The molecule has 12 heteroatoms. The van der Waals surface area contributed by atoms with Crippen LogP contribution in [0.1, 0.15) is 24.8 Å². The molecule has 0 spiro atoms. The van der Waals surface area contributed by atoms with Gasteiger partial charge >= 0.3 is 5.97 Å². The number of hydrogen-bond acceptors (Lipinski definition) is 7. The average molecular weight is 520 g/mol. The van der Waals surface area contributed by atoms with Crippen LogP contribution in [-0.2, 0) is 25.6 Å². The van der Waals surface area contributed by atoms with Crippen molar-refractivity contribution in [3.63, 3.8) is 0 Å². The van der Waals surface area contributed by atoms with Crippen LogP contribution in [0.15, 0.2) is 30.5 Å². The van der Waals surface area contributed by atoms with E-state index in [9.17, 15) is 29.4 Å². The molecule has 0 aliphatic carbocycles. The molecule has 36 heavy (non-hydrogen) atoms. The number of rotatable bonds is 12. The molecule has 4 unspecified atom stereocenters. The third-order valence-corrected chi connectivity index (χ3v) is 6.96. The molecule has 0 bridgehead atoms. The summed E-state index contributed by atoms with van der Waals surface area (Å²) in [5, 5.41) is 24.8. The van der Waals surface area contributed by atoms with Gasteiger partial charge in [0.1, 0.15) is 18.1 Å². The van der Waals surface area contributed by atoms with E-state index in [1.54, 1.807) is 0 Å². The number of thioether (sulfide) groups is 1. The summed E-state index contributed by atoms with van der Waals surface area (Å²) in [6.45, 7) is -0.364. The van der Waals surface area contributed by atoms with E-state index in [1.165, 1.54) is 16.7 Å². The highest BCUT2D eigenvalue weighted by atomic mass is 32.2. The van der Waals surface area contributed by atoms with Crippen LogP contribution in [0.4, 0.5) is 0 Å². The van der Waals surface area contributed by atoms with E-state index < -0.39 is 48.6 Å². The minimum absolute atomic E-state index is 0.202. The number of aliphatic hydroxyl groups excluding tert-OH is 1. The molecule has 1 aromatic carbocycles. The number of amides is 3. The van der Waals surface area contributed by atoms with Crippen molar-refractivity contribution in [2.75, 3.05) is 25.2 Å². The molecule has 3 amide bonds. The highest BCUT2D eigenvalue weighted by Gasteiger charge is 2.38. The first-order chi connectivity index (χ1) is 17.3. The monoisotopic (exact) mass is 519 g/mol. The van der Waals surface area contributed by atoms with Crippen LogP contribution in [0, 0.1) is 0 Å². The fraction of sp³-hybridized carbons (Fsp3) is 0.500. The van der Waals surface area contributed by atoms with Gasteiger partial charge in [0.15, 0.2) is 0 Å². The Hall–Kier alpha value is -3.09. The number of carboxylic acids is 1. The number of H-pyrrole nitrogens is 1. The van der Waals surface area contributed by atoms with Crippen molar-refractivity contribution in [3.05, 3.63) is 36.0 Å². The van der Waals surface area contributed by atoms with Gasteiger partial charge in [-0.05, 0) is 49.3 Å². The van der Waals surface area contributed by atoms with Crippen molar-refractivity contribution in [2.45, 2.75) is 49.9 Å². The molecule has 0 radical (unpaired) electrons. The SMILES string of the molecule is CSCCC(NC(=O)C(CO)NC(=O)C1CCCN1C(=O)C(N)Cc1c[nH]c2ccccc12)C(=O)O. The maximum atomic E-state index is 13.1. The second-order valence-electron chi connectivity index (χ2n) is 8.78. The van der Waals surface area contributed by atoms with Gasteiger partial charge in [-0.25, -0.2) is 4.79 Å². The summed E-state index contributed by atoms with van der Waals surface area (Å²) in [6, 6.07) is 3.52. The zero-order valence-corrected chi connectivity index (χ0v) is 20.9. The number of nitrogens with two attached hydrogens (primary N) is 1. The topological polar surface area (TPSA) is 178 Å². The Balaban J connectivity index is 1.62. The van der Waals surface area contributed by atoms with Gasteiger partial charge in [0, 0.05) is 23.6 Å². The Morgan fingerprint density at radius 2 is 1.97 bits per heavy atom. The van der Waals surface area contributed by atoms with E-state index in [0.717, 1.165) is 16.5 Å². The van der Waals surface area contributed by atoms with Crippen LogP contribution >= 0.6 is 11.8 Å². The Labute approximate surface area is 213 Å². The molecular formula is C24H33N5O6S. The fourth-order valence-electron chi connectivity index (χ4n) is 4.37. The number of carboxylic acid groups (broad SMARTS) is 1. The normalized spacial score (nSPS) is 18.0. The largest absolute Gasteiger partial charge is 0.480 e. The number of aliphatic hydroxyl groups is 1. The number of aromatic amines is 1. The second-order valence-corrected chi connectivity index (χ2v) is 9.77. The summed E-state index contributed by atoms with van der Waals surface area (Å²) < 4.78 is 0. The van der Waals surface area contributed by atoms with E-state index in [1.807, 2.05) is 36.7 Å². The minimum atomic E-state index is -1.34. The molecule has 7 N–H and O–H groups in total. The van der Waals surface area contributed by atoms with Crippen LogP contribution < -0.4 is 16.4 Å². The molecule has 2 aromatic rings. The maximum Gasteiger partial charge on any atom is 0.326 e. The lowest BCUT2D eigenvalue weighted by molar-refractivity contribution is -0.143. The van der Waals surface area contributed by atoms with Crippen LogP contribution in [-0.4, -0.2) is 93.1 Å². The number of fused-ring (bicyclic) bond motifs is 1. The van der Waals surface area contributed by atoms with Crippen molar-refractivity contribution >= 4 is 46.4 Å². The van der Waals surface area contributed by atoms with Crippen molar-refractivity contribution < 1.29 is 29.4 Å². The Kier molecular flexibility index (Phi) is 9.73. The van der Waals surface area contributed by atoms with Crippen molar-refractivity contribution in [1.29, 1.82) is 0 Å². The summed E-state index contributed by atoms with van der Waals surface area (Å²) in [4.78, 5) is 54.7. The minimum Gasteiger partial charge on any atom is -0.480 e. The van der Waals surface area contributed by atoms with Gasteiger partial charge in [-0.15, -0.1) is 0 Å². The molecule has 1 fully saturated rings. The highest BCUT2D eigenvalue weighted by Crippen LogP contribution is 2.22. The zero-order chi connectivity index (χ0) is 26.2. The number of carbonyl (C=O) groups is 4. The van der Waals surface area contributed by atoms with E-state index >= 15 is 0 Å². The number of likely N-dealkylation sites (tertiary alicyclic amines) is 1. The number of aromatic nitrogens is 1. The van der Waals surface area contributed by atoms with Gasteiger partial charge in [-0.3, -0.25) is 14.4 Å². The third-order valence-electron chi connectivity index (χ3n) is 6.31. The van der Waals surface area contributed by atoms with Crippen LogP contribution in [0.3, 0.4) is 0 Å². The van der Waals surface area contributed by atoms with Gasteiger partial charge in [-0.2, -0.15) is 11.8 Å². The van der Waals surface area contributed by atoms with Gasteiger partial charge in [0.05, 0.1) is 12.6 Å². The number of nitrogens with one attached hydrogen (secondary N) is 3. The molecule has 196 valence electrons. The number of carbonyl (C=O) groups excluding carboxylic acids is 3. The lowest BCUT2D eigenvalue weighted by atomic mass is 10.0. The summed E-state index contributed by atoms with van der Waals surface area (Å²) in [7, 11) is 0. The quantitative estimate of drug-likeness (QED) is 0.224. The summed E-state index contributed by atoms with van der Waals surface area (Å²) in [5.74, 6) is -2.44. The molecule has 11 nitrogen and oxygen atoms in total. The fourth-order valence-corrected chi connectivity index (χ4v) is 4.84.